The fourth-order valence-corrected chi connectivity index (χ4v) is 5.04. The molecule has 3 aliphatic heterocycles. The Morgan fingerprint density at radius 2 is 1.88 bits per heavy atom. The van der Waals surface area contributed by atoms with Gasteiger partial charge in [0.25, 0.3) is 0 Å². The third kappa shape index (κ3) is 3.18. The van der Waals surface area contributed by atoms with Crippen LogP contribution in [0.15, 0.2) is 0 Å². The van der Waals surface area contributed by atoms with Crippen LogP contribution in [0.3, 0.4) is 0 Å². The smallest absolute Gasteiger partial charge is 0.0223 e. The number of thioether (sulfide) groups is 1. The van der Waals surface area contributed by atoms with Crippen LogP contribution in [0.4, 0.5) is 0 Å². The van der Waals surface area contributed by atoms with Crippen molar-refractivity contribution in [1.29, 1.82) is 0 Å². The second kappa shape index (κ2) is 5.94. The zero-order chi connectivity index (χ0) is 11.5. The molecule has 0 spiro atoms. The molecule has 0 aromatic rings. The van der Waals surface area contributed by atoms with Crippen LogP contribution in [-0.2, 0) is 0 Å². The maximum Gasteiger partial charge on any atom is 0.0223 e. The normalized spacial score (nSPS) is 36.7. The van der Waals surface area contributed by atoms with Gasteiger partial charge in [-0.05, 0) is 57.5 Å². The zero-order valence-electron chi connectivity index (χ0n) is 10.9. The topological polar surface area (TPSA) is 6.48 Å². The van der Waals surface area contributed by atoms with Gasteiger partial charge >= 0.3 is 0 Å². The Labute approximate surface area is 110 Å². The molecule has 2 unspecified atom stereocenters. The van der Waals surface area contributed by atoms with Crippen molar-refractivity contribution in [2.45, 2.75) is 49.8 Å². The molecule has 2 atom stereocenters. The van der Waals surface area contributed by atoms with Crippen LogP contribution in [0.2, 0.25) is 0 Å². The number of fused-ring (bicyclic) bond motifs is 1. The van der Waals surface area contributed by atoms with Gasteiger partial charge in [0.15, 0.2) is 0 Å². The predicted molar refractivity (Wildman–Crippen MR) is 75.7 cm³/mol. The van der Waals surface area contributed by atoms with Gasteiger partial charge in [-0.1, -0.05) is 6.42 Å². The fraction of sp³-hybridized carbons (Fsp3) is 1.00. The van der Waals surface area contributed by atoms with Crippen LogP contribution in [0.1, 0.15) is 38.5 Å². The molecular formula is C14H26N2S. The van der Waals surface area contributed by atoms with Crippen LogP contribution < -0.4 is 0 Å². The Morgan fingerprint density at radius 3 is 2.76 bits per heavy atom. The molecule has 3 fully saturated rings. The van der Waals surface area contributed by atoms with E-state index in [-0.39, 0.29) is 0 Å². The molecule has 0 N–H and O–H groups in total. The average molecular weight is 254 g/mol. The minimum Gasteiger partial charge on any atom is -0.301 e. The molecule has 3 heteroatoms. The Hall–Kier alpha value is 0.270. The van der Waals surface area contributed by atoms with Crippen LogP contribution in [-0.4, -0.2) is 59.6 Å². The van der Waals surface area contributed by atoms with Gasteiger partial charge in [0.05, 0.1) is 0 Å². The molecule has 3 rings (SSSR count). The van der Waals surface area contributed by atoms with E-state index < -0.39 is 0 Å². The van der Waals surface area contributed by atoms with E-state index >= 15 is 0 Å². The Balaban J connectivity index is 1.52. The van der Waals surface area contributed by atoms with E-state index in [4.69, 9.17) is 0 Å². The average Bonchev–Trinajstić information content (AvgIpc) is 2.70. The molecule has 0 amide bonds. The summed E-state index contributed by atoms with van der Waals surface area (Å²) in [6.07, 6.45) is 8.69. The van der Waals surface area contributed by atoms with Crippen molar-refractivity contribution in [3.05, 3.63) is 0 Å². The summed E-state index contributed by atoms with van der Waals surface area (Å²) >= 11 is 2.23. The molecule has 3 aliphatic rings. The van der Waals surface area contributed by atoms with E-state index in [1.54, 1.807) is 0 Å². The molecule has 0 aromatic heterocycles. The lowest BCUT2D eigenvalue weighted by molar-refractivity contribution is 0.219. The van der Waals surface area contributed by atoms with Crippen LogP contribution in [0, 0.1) is 0 Å². The van der Waals surface area contributed by atoms with Crippen LogP contribution >= 0.6 is 11.8 Å². The van der Waals surface area contributed by atoms with E-state index in [1.165, 1.54) is 77.0 Å². The van der Waals surface area contributed by atoms with E-state index in [0.717, 1.165) is 11.3 Å². The number of hydrogen-bond donors (Lipinski definition) is 0. The third-order valence-corrected chi connectivity index (χ3v) is 6.00. The Bertz CT molecular complexity index is 240. The van der Waals surface area contributed by atoms with Crippen LogP contribution in [0.25, 0.3) is 0 Å². The summed E-state index contributed by atoms with van der Waals surface area (Å²) in [7, 11) is 0. The molecule has 3 saturated heterocycles. The maximum atomic E-state index is 2.78. The number of nitrogens with zero attached hydrogens (tertiary/aromatic N) is 2. The summed E-state index contributed by atoms with van der Waals surface area (Å²) in [6.45, 7) is 6.81. The van der Waals surface area contributed by atoms with E-state index in [9.17, 15) is 0 Å². The summed E-state index contributed by atoms with van der Waals surface area (Å²) in [5, 5.41) is 0.941. The van der Waals surface area contributed by atoms with E-state index in [1.807, 2.05) is 0 Å². The first-order valence-corrected chi connectivity index (χ1v) is 8.55. The number of rotatable bonds is 2. The SMILES string of the molecule is C1CCC(CN2CCCN3CCCC3C2)SC1. The van der Waals surface area contributed by atoms with Gasteiger partial charge in [-0.3, -0.25) is 4.90 Å². The lowest BCUT2D eigenvalue weighted by Gasteiger charge is -2.30. The highest BCUT2D eigenvalue weighted by Crippen LogP contribution is 2.27. The van der Waals surface area contributed by atoms with Crippen molar-refractivity contribution in [1.82, 2.24) is 9.80 Å². The van der Waals surface area contributed by atoms with Crippen molar-refractivity contribution in [2.24, 2.45) is 0 Å². The summed E-state index contributed by atoms with van der Waals surface area (Å²) in [6, 6.07) is 0.895. The maximum absolute atomic E-state index is 2.78. The number of hydrogen-bond acceptors (Lipinski definition) is 3. The van der Waals surface area contributed by atoms with Gasteiger partial charge in [-0.25, -0.2) is 0 Å². The molecule has 3 heterocycles. The van der Waals surface area contributed by atoms with Gasteiger partial charge in [0.1, 0.15) is 0 Å². The quantitative estimate of drug-likeness (QED) is 0.747. The predicted octanol–water partition coefficient (Wildman–Crippen LogP) is 2.44. The minimum absolute atomic E-state index is 0.895. The monoisotopic (exact) mass is 254 g/mol. The molecule has 2 nitrogen and oxygen atoms in total. The summed E-state index contributed by atoms with van der Waals surface area (Å²) in [5.74, 6) is 1.41. The first kappa shape index (κ1) is 12.3. The van der Waals surface area contributed by atoms with Gasteiger partial charge in [-0.2, -0.15) is 11.8 Å². The first-order valence-electron chi connectivity index (χ1n) is 7.50. The minimum atomic E-state index is 0.895. The van der Waals surface area contributed by atoms with Crippen molar-refractivity contribution in [3.63, 3.8) is 0 Å². The molecule has 17 heavy (non-hydrogen) atoms. The fourth-order valence-electron chi connectivity index (χ4n) is 3.69. The molecule has 0 saturated carbocycles. The van der Waals surface area contributed by atoms with E-state index in [2.05, 4.69) is 21.6 Å². The largest absolute Gasteiger partial charge is 0.301 e. The van der Waals surface area contributed by atoms with Crippen molar-refractivity contribution < 1.29 is 0 Å². The lowest BCUT2D eigenvalue weighted by Crippen LogP contribution is -2.39. The van der Waals surface area contributed by atoms with Gasteiger partial charge in [-0.15, -0.1) is 0 Å². The van der Waals surface area contributed by atoms with E-state index in [0.29, 0.717) is 0 Å². The van der Waals surface area contributed by atoms with Gasteiger partial charge < -0.3 is 4.90 Å². The van der Waals surface area contributed by atoms with Crippen molar-refractivity contribution in [3.8, 4) is 0 Å². The van der Waals surface area contributed by atoms with Gasteiger partial charge in [0.2, 0.25) is 0 Å². The Kier molecular flexibility index (Phi) is 4.30. The van der Waals surface area contributed by atoms with Crippen molar-refractivity contribution in [2.75, 3.05) is 38.5 Å². The zero-order valence-corrected chi connectivity index (χ0v) is 11.8. The third-order valence-electron chi connectivity index (χ3n) is 4.62. The Morgan fingerprint density at radius 1 is 0.941 bits per heavy atom. The molecular weight excluding hydrogens is 228 g/mol. The van der Waals surface area contributed by atoms with Crippen molar-refractivity contribution >= 4 is 11.8 Å². The highest BCUT2D eigenvalue weighted by atomic mass is 32.2. The lowest BCUT2D eigenvalue weighted by atomic mass is 10.1. The standard InChI is InChI=1S/C14H26N2S/c1-2-10-17-14(6-1)12-15-7-4-9-16-8-3-5-13(16)11-15/h13-14H,1-12H2. The molecule has 0 aromatic carbocycles. The highest BCUT2D eigenvalue weighted by Gasteiger charge is 2.29. The molecule has 0 bridgehead atoms. The molecule has 0 aliphatic carbocycles. The summed E-state index contributed by atoms with van der Waals surface area (Å²) in [5.41, 5.74) is 0. The molecule has 98 valence electrons. The van der Waals surface area contributed by atoms with Crippen LogP contribution in [0.5, 0.6) is 0 Å². The second-order valence-corrected chi connectivity index (χ2v) is 7.34. The first-order chi connectivity index (χ1) is 8.42. The summed E-state index contributed by atoms with van der Waals surface area (Å²) < 4.78 is 0. The summed E-state index contributed by atoms with van der Waals surface area (Å²) in [4.78, 5) is 5.52. The highest BCUT2D eigenvalue weighted by molar-refractivity contribution is 7.99. The van der Waals surface area contributed by atoms with Gasteiger partial charge in [0, 0.05) is 24.4 Å². The molecule has 0 radical (unpaired) electrons. The second-order valence-electron chi connectivity index (χ2n) is 5.93.